The zero-order chi connectivity index (χ0) is 19.2. The second kappa shape index (κ2) is 8.82. The van der Waals surface area contributed by atoms with Crippen molar-refractivity contribution in [3.8, 4) is 0 Å². The molecule has 27 heavy (non-hydrogen) atoms. The van der Waals surface area contributed by atoms with Gasteiger partial charge in [0.15, 0.2) is 5.11 Å². The zero-order valence-corrected chi connectivity index (χ0v) is 16.6. The lowest BCUT2D eigenvalue weighted by Gasteiger charge is -2.20. The van der Waals surface area contributed by atoms with E-state index >= 15 is 0 Å². The van der Waals surface area contributed by atoms with Crippen LogP contribution in [0, 0.1) is 0 Å². The molecule has 1 aliphatic rings. The summed E-state index contributed by atoms with van der Waals surface area (Å²) < 4.78 is 0. The highest BCUT2D eigenvalue weighted by Crippen LogP contribution is 2.19. The Labute approximate surface area is 166 Å². The van der Waals surface area contributed by atoms with Crippen LogP contribution < -0.4 is 10.2 Å². The molecule has 1 amide bonds. The number of nitrogens with one attached hydrogen (secondary N) is 1. The Morgan fingerprint density at radius 2 is 1.70 bits per heavy atom. The van der Waals surface area contributed by atoms with Gasteiger partial charge < -0.3 is 10.2 Å². The van der Waals surface area contributed by atoms with Crippen LogP contribution in [0.25, 0.3) is 6.08 Å². The van der Waals surface area contributed by atoms with Gasteiger partial charge in [0.05, 0.1) is 0 Å². The summed E-state index contributed by atoms with van der Waals surface area (Å²) in [6.45, 7) is 6.81. The molecule has 0 radical (unpaired) electrons. The molecule has 1 heterocycles. The lowest BCUT2D eigenvalue weighted by Crippen LogP contribution is -2.32. The molecule has 140 valence electrons. The third kappa shape index (κ3) is 4.55. The molecule has 0 aromatic heterocycles. The fraction of sp³-hybridized carbons (Fsp3) is 0.273. The summed E-state index contributed by atoms with van der Waals surface area (Å²) in [5.74, 6) is -0.0660. The van der Waals surface area contributed by atoms with Crippen molar-refractivity contribution in [3.05, 3.63) is 71.4 Å². The normalized spacial score (nSPS) is 15.3. The minimum absolute atomic E-state index is 0.0660. The number of benzene rings is 2. The smallest absolute Gasteiger partial charge is 0.276 e. The summed E-state index contributed by atoms with van der Waals surface area (Å²) in [6.07, 6.45) is 2.64. The van der Waals surface area contributed by atoms with Crippen LogP contribution >= 0.6 is 12.2 Å². The second-order valence-electron chi connectivity index (χ2n) is 6.44. The summed E-state index contributed by atoms with van der Waals surface area (Å²) in [5, 5.41) is 3.53. The van der Waals surface area contributed by atoms with Gasteiger partial charge in [-0.3, -0.25) is 9.69 Å². The Hall–Kier alpha value is -2.66. The topological polar surface area (TPSA) is 35.6 Å². The van der Waals surface area contributed by atoms with Crippen molar-refractivity contribution >= 4 is 35.0 Å². The Morgan fingerprint density at radius 3 is 2.33 bits per heavy atom. The van der Waals surface area contributed by atoms with Crippen molar-refractivity contribution in [3.63, 3.8) is 0 Å². The molecule has 3 rings (SSSR count). The maximum absolute atomic E-state index is 12.7. The number of anilines is 1. The van der Waals surface area contributed by atoms with E-state index in [0.717, 1.165) is 25.1 Å². The monoisotopic (exact) mass is 379 g/mol. The minimum Gasteiger partial charge on any atom is -0.372 e. The first kappa shape index (κ1) is 19.1. The number of carbonyl (C=O) groups excluding carboxylic acids is 1. The van der Waals surface area contributed by atoms with E-state index in [1.807, 2.05) is 36.4 Å². The Morgan fingerprint density at radius 1 is 1.04 bits per heavy atom. The van der Waals surface area contributed by atoms with E-state index in [1.165, 1.54) is 11.3 Å². The van der Waals surface area contributed by atoms with Crippen molar-refractivity contribution in [2.75, 3.05) is 24.5 Å². The van der Waals surface area contributed by atoms with Crippen LogP contribution in [0.15, 0.2) is 60.3 Å². The molecule has 0 spiro atoms. The van der Waals surface area contributed by atoms with Gasteiger partial charge >= 0.3 is 0 Å². The second-order valence-corrected chi connectivity index (χ2v) is 6.83. The highest BCUT2D eigenvalue weighted by atomic mass is 32.1. The van der Waals surface area contributed by atoms with Crippen LogP contribution in [-0.2, 0) is 11.2 Å². The largest absolute Gasteiger partial charge is 0.372 e. The molecule has 4 nitrogen and oxygen atoms in total. The summed E-state index contributed by atoms with van der Waals surface area (Å²) in [4.78, 5) is 16.6. The molecule has 0 saturated carbocycles. The summed E-state index contributed by atoms with van der Waals surface area (Å²) in [6, 6.07) is 18.4. The minimum atomic E-state index is -0.0660. The van der Waals surface area contributed by atoms with Crippen molar-refractivity contribution in [1.82, 2.24) is 10.2 Å². The highest BCUT2D eigenvalue weighted by molar-refractivity contribution is 7.80. The van der Waals surface area contributed by atoms with Crippen molar-refractivity contribution in [1.29, 1.82) is 0 Å². The first-order valence-electron chi connectivity index (χ1n) is 9.35. The first-order valence-corrected chi connectivity index (χ1v) is 9.76. The van der Waals surface area contributed by atoms with Crippen LogP contribution in [0.4, 0.5) is 5.69 Å². The lowest BCUT2D eigenvalue weighted by atomic mass is 10.1. The molecule has 1 aliphatic heterocycles. The van der Waals surface area contributed by atoms with Crippen molar-refractivity contribution in [2.24, 2.45) is 0 Å². The lowest BCUT2D eigenvalue weighted by molar-refractivity contribution is -0.122. The molecular formula is C22H25N3OS. The van der Waals surface area contributed by atoms with Crippen LogP contribution in [0.1, 0.15) is 25.0 Å². The average Bonchev–Trinajstić information content (AvgIpc) is 2.96. The quantitative estimate of drug-likeness (QED) is 0.586. The van der Waals surface area contributed by atoms with Gasteiger partial charge in [0.2, 0.25) is 0 Å². The van der Waals surface area contributed by atoms with Gasteiger partial charge in [0.25, 0.3) is 5.91 Å². The van der Waals surface area contributed by atoms with Crippen LogP contribution in [0.5, 0.6) is 0 Å². The number of carbonyl (C=O) groups is 1. The van der Waals surface area contributed by atoms with Crippen LogP contribution in [0.3, 0.4) is 0 Å². The maximum Gasteiger partial charge on any atom is 0.276 e. The van der Waals surface area contributed by atoms with Gasteiger partial charge in [-0.2, -0.15) is 0 Å². The summed E-state index contributed by atoms with van der Waals surface area (Å²) in [7, 11) is 0. The molecule has 1 N–H and O–H groups in total. The SMILES string of the molecule is CCN(CC)c1ccc(/C=C2/NC(=S)N(CCc3ccccc3)C2=O)cc1. The molecule has 2 aromatic carbocycles. The third-order valence-electron chi connectivity index (χ3n) is 4.76. The van der Waals surface area contributed by atoms with E-state index < -0.39 is 0 Å². The average molecular weight is 380 g/mol. The van der Waals surface area contributed by atoms with E-state index in [1.54, 1.807) is 4.90 Å². The van der Waals surface area contributed by atoms with E-state index in [4.69, 9.17) is 12.2 Å². The Kier molecular flexibility index (Phi) is 6.24. The number of hydrogen-bond acceptors (Lipinski definition) is 3. The number of rotatable bonds is 7. The molecular weight excluding hydrogens is 354 g/mol. The number of nitrogens with zero attached hydrogens (tertiary/aromatic N) is 2. The van der Waals surface area contributed by atoms with Crippen LogP contribution in [0.2, 0.25) is 0 Å². The van der Waals surface area contributed by atoms with Gasteiger partial charge in [0, 0.05) is 25.3 Å². The first-order chi connectivity index (χ1) is 13.1. The van der Waals surface area contributed by atoms with Gasteiger partial charge in [-0.15, -0.1) is 0 Å². The number of thiocarbonyl (C=S) groups is 1. The summed E-state index contributed by atoms with van der Waals surface area (Å²) >= 11 is 5.36. The predicted octanol–water partition coefficient (Wildman–Crippen LogP) is 3.83. The fourth-order valence-electron chi connectivity index (χ4n) is 3.20. The van der Waals surface area contributed by atoms with Crippen molar-refractivity contribution < 1.29 is 4.79 Å². The maximum atomic E-state index is 12.7. The molecule has 5 heteroatoms. The van der Waals surface area contributed by atoms with Gasteiger partial charge in [-0.25, -0.2) is 0 Å². The molecule has 1 saturated heterocycles. The standard InChI is InChI=1S/C22H25N3OS/c1-3-24(4-2)19-12-10-18(11-13-19)16-20-21(26)25(22(27)23-20)15-14-17-8-6-5-7-9-17/h5-13,16H,3-4,14-15H2,1-2H3,(H,23,27)/b20-16+. The number of amides is 1. The molecule has 0 aliphatic carbocycles. The molecule has 0 unspecified atom stereocenters. The van der Waals surface area contributed by atoms with E-state index in [0.29, 0.717) is 17.4 Å². The third-order valence-corrected chi connectivity index (χ3v) is 5.08. The number of hydrogen-bond donors (Lipinski definition) is 1. The summed E-state index contributed by atoms with van der Waals surface area (Å²) in [5.41, 5.74) is 3.89. The van der Waals surface area contributed by atoms with E-state index in [-0.39, 0.29) is 5.91 Å². The van der Waals surface area contributed by atoms with E-state index in [2.05, 4.69) is 48.3 Å². The van der Waals surface area contributed by atoms with Crippen LogP contribution in [-0.4, -0.2) is 35.6 Å². The molecule has 1 fully saturated rings. The molecule has 0 atom stereocenters. The highest BCUT2D eigenvalue weighted by Gasteiger charge is 2.30. The molecule has 0 bridgehead atoms. The zero-order valence-electron chi connectivity index (χ0n) is 15.8. The fourth-order valence-corrected chi connectivity index (χ4v) is 3.48. The molecule has 2 aromatic rings. The Balaban J connectivity index is 1.68. The van der Waals surface area contributed by atoms with Gasteiger partial charge in [-0.05, 0) is 61.8 Å². The van der Waals surface area contributed by atoms with Gasteiger partial charge in [-0.1, -0.05) is 42.5 Å². The Bertz CT molecular complexity index is 826. The van der Waals surface area contributed by atoms with Gasteiger partial charge in [0.1, 0.15) is 5.70 Å². The van der Waals surface area contributed by atoms with E-state index in [9.17, 15) is 4.79 Å². The predicted molar refractivity (Wildman–Crippen MR) is 116 cm³/mol. The van der Waals surface area contributed by atoms with Crippen molar-refractivity contribution in [2.45, 2.75) is 20.3 Å².